The maximum Gasteiger partial charge on any atom is 0.0230 e. The monoisotopic (exact) mass is 260 g/mol. The molecule has 2 rings (SSSR count). The Hall–Kier alpha value is -0.860. The van der Waals surface area contributed by atoms with Gasteiger partial charge in [0.25, 0.3) is 0 Å². The lowest BCUT2D eigenvalue weighted by Crippen LogP contribution is -2.35. The fourth-order valence-electron chi connectivity index (χ4n) is 3.42. The highest BCUT2D eigenvalue weighted by molar-refractivity contribution is 5.21. The molecule has 0 heterocycles. The van der Waals surface area contributed by atoms with Gasteiger partial charge in [-0.2, -0.15) is 0 Å². The summed E-state index contributed by atoms with van der Waals surface area (Å²) in [6.07, 6.45) is 5.46. The lowest BCUT2D eigenvalue weighted by atomic mass is 9.79. The first-order valence-electron chi connectivity index (χ1n) is 7.63. The molecule has 1 aromatic carbocycles. The third kappa shape index (κ3) is 4.32. The average Bonchev–Trinajstić information content (AvgIpc) is 2.39. The van der Waals surface area contributed by atoms with Gasteiger partial charge in [0.05, 0.1) is 0 Å². The molecule has 1 aliphatic rings. The molecule has 1 aliphatic carbocycles. The SMILES string of the molecule is Cc1cccc(CN(C)CC2CCCCC2CN)c1. The number of hydrogen-bond acceptors (Lipinski definition) is 2. The van der Waals surface area contributed by atoms with Gasteiger partial charge in [-0.05, 0) is 50.8 Å². The predicted octanol–water partition coefficient (Wildman–Crippen LogP) is 3.19. The summed E-state index contributed by atoms with van der Waals surface area (Å²) in [5.41, 5.74) is 8.69. The van der Waals surface area contributed by atoms with Crippen LogP contribution in [0, 0.1) is 18.8 Å². The van der Waals surface area contributed by atoms with Crippen LogP contribution in [0.1, 0.15) is 36.8 Å². The number of hydrogen-bond donors (Lipinski definition) is 1. The molecule has 0 spiro atoms. The van der Waals surface area contributed by atoms with E-state index in [1.54, 1.807) is 0 Å². The van der Waals surface area contributed by atoms with Gasteiger partial charge in [0.15, 0.2) is 0 Å². The average molecular weight is 260 g/mol. The maximum atomic E-state index is 5.92. The molecule has 0 saturated heterocycles. The molecule has 0 amide bonds. The van der Waals surface area contributed by atoms with Gasteiger partial charge in [0, 0.05) is 13.1 Å². The van der Waals surface area contributed by atoms with Crippen LogP contribution in [0.5, 0.6) is 0 Å². The van der Waals surface area contributed by atoms with E-state index in [-0.39, 0.29) is 0 Å². The smallest absolute Gasteiger partial charge is 0.0230 e. The summed E-state index contributed by atoms with van der Waals surface area (Å²) in [5, 5.41) is 0. The Labute approximate surface area is 118 Å². The predicted molar refractivity (Wildman–Crippen MR) is 82.0 cm³/mol. The van der Waals surface area contributed by atoms with Gasteiger partial charge in [-0.15, -0.1) is 0 Å². The minimum absolute atomic E-state index is 0.744. The normalized spacial score (nSPS) is 23.8. The zero-order chi connectivity index (χ0) is 13.7. The van der Waals surface area contributed by atoms with E-state index < -0.39 is 0 Å². The summed E-state index contributed by atoms with van der Waals surface area (Å²) in [4.78, 5) is 2.47. The van der Waals surface area contributed by atoms with Gasteiger partial charge >= 0.3 is 0 Å². The van der Waals surface area contributed by atoms with E-state index in [1.165, 1.54) is 43.4 Å². The third-order valence-corrected chi connectivity index (χ3v) is 4.45. The summed E-state index contributed by atoms with van der Waals surface area (Å²) in [6.45, 7) is 5.27. The van der Waals surface area contributed by atoms with Crippen LogP contribution in [0.3, 0.4) is 0 Å². The van der Waals surface area contributed by atoms with Crippen molar-refractivity contribution >= 4 is 0 Å². The van der Waals surface area contributed by atoms with Crippen molar-refractivity contribution in [2.24, 2.45) is 17.6 Å². The lowest BCUT2D eigenvalue weighted by Gasteiger charge is -2.33. The minimum Gasteiger partial charge on any atom is -0.330 e. The summed E-state index contributed by atoms with van der Waals surface area (Å²) in [7, 11) is 2.24. The van der Waals surface area contributed by atoms with Gasteiger partial charge < -0.3 is 10.6 Å². The van der Waals surface area contributed by atoms with Gasteiger partial charge in [-0.1, -0.05) is 42.7 Å². The van der Waals surface area contributed by atoms with Crippen molar-refractivity contribution < 1.29 is 0 Å². The Balaban J connectivity index is 1.87. The van der Waals surface area contributed by atoms with Crippen molar-refractivity contribution in [2.75, 3.05) is 20.1 Å². The Morgan fingerprint density at radius 2 is 1.95 bits per heavy atom. The number of aryl methyl sites for hydroxylation is 1. The molecule has 2 atom stereocenters. The van der Waals surface area contributed by atoms with Crippen LogP contribution in [0.4, 0.5) is 0 Å². The van der Waals surface area contributed by atoms with Crippen LogP contribution in [0.15, 0.2) is 24.3 Å². The van der Waals surface area contributed by atoms with E-state index in [1.807, 2.05) is 0 Å². The van der Waals surface area contributed by atoms with Crippen LogP contribution < -0.4 is 5.73 Å². The first-order chi connectivity index (χ1) is 9.19. The molecule has 1 saturated carbocycles. The molecule has 2 N–H and O–H groups in total. The summed E-state index contributed by atoms with van der Waals surface area (Å²) >= 11 is 0. The van der Waals surface area contributed by atoms with Crippen LogP contribution in [0.2, 0.25) is 0 Å². The molecular formula is C17H28N2. The van der Waals surface area contributed by atoms with Gasteiger partial charge in [-0.25, -0.2) is 0 Å². The molecule has 1 fully saturated rings. The first-order valence-corrected chi connectivity index (χ1v) is 7.63. The van der Waals surface area contributed by atoms with Crippen molar-refractivity contribution in [1.29, 1.82) is 0 Å². The van der Waals surface area contributed by atoms with Crippen molar-refractivity contribution in [2.45, 2.75) is 39.2 Å². The number of rotatable bonds is 5. The van der Waals surface area contributed by atoms with Crippen LogP contribution in [-0.2, 0) is 6.54 Å². The molecule has 1 aromatic rings. The standard InChI is InChI=1S/C17H28N2/c1-14-6-5-7-15(10-14)12-19(2)13-17-9-4-3-8-16(17)11-18/h5-7,10,16-17H,3-4,8-9,11-13,18H2,1-2H3. The van der Waals surface area contributed by atoms with E-state index in [2.05, 4.69) is 43.1 Å². The zero-order valence-corrected chi connectivity index (χ0v) is 12.4. The summed E-state index contributed by atoms with van der Waals surface area (Å²) in [6, 6.07) is 8.83. The highest BCUT2D eigenvalue weighted by Gasteiger charge is 2.24. The highest BCUT2D eigenvalue weighted by atomic mass is 15.1. The van der Waals surface area contributed by atoms with Crippen molar-refractivity contribution in [3.05, 3.63) is 35.4 Å². The molecular weight excluding hydrogens is 232 g/mol. The molecule has 0 aliphatic heterocycles. The Morgan fingerprint density at radius 1 is 1.21 bits per heavy atom. The zero-order valence-electron chi connectivity index (χ0n) is 12.4. The fourth-order valence-corrected chi connectivity index (χ4v) is 3.42. The van der Waals surface area contributed by atoms with Crippen molar-refractivity contribution in [3.63, 3.8) is 0 Å². The highest BCUT2D eigenvalue weighted by Crippen LogP contribution is 2.30. The van der Waals surface area contributed by atoms with Gasteiger partial charge in [-0.3, -0.25) is 0 Å². The number of nitrogens with zero attached hydrogens (tertiary/aromatic N) is 1. The molecule has 2 unspecified atom stereocenters. The maximum absolute atomic E-state index is 5.92. The van der Waals surface area contributed by atoms with E-state index in [9.17, 15) is 0 Å². The van der Waals surface area contributed by atoms with E-state index >= 15 is 0 Å². The number of nitrogens with two attached hydrogens (primary N) is 1. The third-order valence-electron chi connectivity index (χ3n) is 4.45. The van der Waals surface area contributed by atoms with Crippen LogP contribution in [0.25, 0.3) is 0 Å². The molecule has 106 valence electrons. The van der Waals surface area contributed by atoms with Gasteiger partial charge in [0.2, 0.25) is 0 Å². The molecule has 0 bridgehead atoms. The molecule has 2 heteroatoms. The quantitative estimate of drug-likeness (QED) is 0.881. The second-order valence-electron chi connectivity index (χ2n) is 6.23. The summed E-state index contributed by atoms with van der Waals surface area (Å²) in [5.74, 6) is 1.54. The molecule has 0 aromatic heterocycles. The Morgan fingerprint density at radius 3 is 2.63 bits per heavy atom. The fraction of sp³-hybridized carbons (Fsp3) is 0.647. The van der Waals surface area contributed by atoms with Crippen LogP contribution >= 0.6 is 0 Å². The van der Waals surface area contributed by atoms with E-state index in [0.29, 0.717) is 0 Å². The summed E-state index contributed by atoms with van der Waals surface area (Å²) < 4.78 is 0. The lowest BCUT2D eigenvalue weighted by molar-refractivity contribution is 0.170. The van der Waals surface area contributed by atoms with Crippen molar-refractivity contribution in [1.82, 2.24) is 4.90 Å². The van der Waals surface area contributed by atoms with Crippen molar-refractivity contribution in [3.8, 4) is 0 Å². The van der Waals surface area contributed by atoms with E-state index in [0.717, 1.165) is 24.9 Å². The molecule has 2 nitrogen and oxygen atoms in total. The molecule has 19 heavy (non-hydrogen) atoms. The first kappa shape index (κ1) is 14.5. The Bertz CT molecular complexity index is 389. The topological polar surface area (TPSA) is 29.3 Å². The molecule has 0 radical (unpaired) electrons. The Kier molecular flexibility index (Phi) is 5.41. The largest absolute Gasteiger partial charge is 0.330 e. The second-order valence-corrected chi connectivity index (χ2v) is 6.23. The van der Waals surface area contributed by atoms with Crippen LogP contribution in [-0.4, -0.2) is 25.0 Å². The van der Waals surface area contributed by atoms with E-state index in [4.69, 9.17) is 5.73 Å². The minimum atomic E-state index is 0.744. The second kappa shape index (κ2) is 7.06. The number of benzene rings is 1. The van der Waals surface area contributed by atoms with Gasteiger partial charge in [0.1, 0.15) is 0 Å².